The molecule has 0 bridgehead atoms. The third-order valence-electron chi connectivity index (χ3n) is 3.37. The molecule has 2 N–H and O–H groups in total. The highest BCUT2D eigenvalue weighted by atomic mass is 35.5. The van der Waals surface area contributed by atoms with Crippen LogP contribution in [0.25, 0.3) is 0 Å². The van der Waals surface area contributed by atoms with E-state index in [-0.39, 0.29) is 22.3 Å². The van der Waals surface area contributed by atoms with Crippen LogP contribution in [0.4, 0.5) is 11.4 Å². The summed E-state index contributed by atoms with van der Waals surface area (Å²) in [5.74, 6) is 0.309. The molecule has 0 saturated carbocycles. The van der Waals surface area contributed by atoms with Gasteiger partial charge in [0.2, 0.25) is 5.91 Å². The van der Waals surface area contributed by atoms with Gasteiger partial charge in [0, 0.05) is 17.5 Å². The lowest BCUT2D eigenvalue weighted by molar-refractivity contribution is -0.383. The summed E-state index contributed by atoms with van der Waals surface area (Å²) in [6.07, 6.45) is 2.24. The number of carbonyl (C=O) groups is 1. The van der Waals surface area contributed by atoms with Gasteiger partial charge in [-0.05, 0) is 44.0 Å². The predicted molar refractivity (Wildman–Crippen MR) is 76.9 cm³/mol. The molecule has 20 heavy (non-hydrogen) atoms. The summed E-state index contributed by atoms with van der Waals surface area (Å²) >= 11 is 5.72. The van der Waals surface area contributed by atoms with Gasteiger partial charge in [0.1, 0.15) is 5.69 Å². The van der Waals surface area contributed by atoms with E-state index in [1.165, 1.54) is 18.2 Å². The standard InChI is InChI=1S/C13H16ClN3O3/c14-10-2-3-11(12(7-10)17(19)20)16-13(18)4-1-9-5-6-15-8-9/h2-3,7,9,15H,1,4-6,8H2,(H,16,18). The fraction of sp³-hybridized carbons (Fsp3) is 0.462. The molecule has 1 fully saturated rings. The largest absolute Gasteiger partial charge is 0.320 e. The van der Waals surface area contributed by atoms with E-state index in [9.17, 15) is 14.9 Å². The van der Waals surface area contributed by atoms with Gasteiger partial charge in [0.05, 0.1) is 4.92 Å². The highest BCUT2D eigenvalue weighted by Gasteiger charge is 2.18. The van der Waals surface area contributed by atoms with Crippen LogP contribution in [0, 0.1) is 16.0 Å². The number of rotatable bonds is 5. The molecule has 1 heterocycles. The molecule has 1 aliphatic heterocycles. The van der Waals surface area contributed by atoms with Crippen molar-refractivity contribution in [2.75, 3.05) is 18.4 Å². The van der Waals surface area contributed by atoms with E-state index >= 15 is 0 Å². The molecule has 108 valence electrons. The van der Waals surface area contributed by atoms with Crippen LogP contribution in [0.2, 0.25) is 5.02 Å². The number of hydrogen-bond donors (Lipinski definition) is 2. The third-order valence-corrected chi connectivity index (χ3v) is 3.61. The number of nitrogens with zero attached hydrogens (tertiary/aromatic N) is 1. The van der Waals surface area contributed by atoms with E-state index in [0.29, 0.717) is 12.3 Å². The van der Waals surface area contributed by atoms with Crippen molar-refractivity contribution in [3.8, 4) is 0 Å². The second-order valence-electron chi connectivity index (χ2n) is 4.86. The molecule has 0 radical (unpaired) electrons. The number of nitro groups is 1. The molecule has 0 aliphatic carbocycles. The van der Waals surface area contributed by atoms with Crippen molar-refractivity contribution in [1.82, 2.24) is 5.32 Å². The summed E-state index contributed by atoms with van der Waals surface area (Å²) in [5.41, 5.74) is 0.00216. The molecule has 0 aromatic heterocycles. The normalized spacial score (nSPS) is 17.9. The molecule has 1 saturated heterocycles. The molecule has 1 unspecified atom stereocenters. The quantitative estimate of drug-likeness (QED) is 0.646. The minimum Gasteiger partial charge on any atom is -0.320 e. The Kier molecular flexibility index (Phi) is 4.92. The van der Waals surface area contributed by atoms with Crippen LogP contribution in [0.1, 0.15) is 19.3 Å². The average molecular weight is 298 g/mol. The lowest BCUT2D eigenvalue weighted by Gasteiger charge is -2.09. The summed E-state index contributed by atoms with van der Waals surface area (Å²) in [6, 6.07) is 4.21. The molecule has 2 rings (SSSR count). The predicted octanol–water partition coefficient (Wildman–Crippen LogP) is 2.58. The lowest BCUT2D eigenvalue weighted by atomic mass is 10.0. The average Bonchev–Trinajstić information content (AvgIpc) is 2.91. The van der Waals surface area contributed by atoms with Crippen LogP contribution in [0.15, 0.2) is 18.2 Å². The molecular formula is C13H16ClN3O3. The van der Waals surface area contributed by atoms with Gasteiger partial charge in [-0.1, -0.05) is 11.6 Å². The maximum atomic E-state index is 11.8. The number of nitro benzene ring substituents is 1. The first-order chi connectivity index (χ1) is 9.56. The first-order valence-corrected chi connectivity index (χ1v) is 6.88. The molecule has 1 aliphatic rings. The zero-order chi connectivity index (χ0) is 14.5. The Morgan fingerprint density at radius 3 is 3.00 bits per heavy atom. The summed E-state index contributed by atoms with van der Waals surface area (Å²) in [5, 5.41) is 17.0. The molecule has 7 heteroatoms. The Morgan fingerprint density at radius 1 is 1.55 bits per heavy atom. The number of nitrogens with one attached hydrogen (secondary N) is 2. The monoisotopic (exact) mass is 297 g/mol. The van der Waals surface area contributed by atoms with Gasteiger partial charge >= 0.3 is 0 Å². The van der Waals surface area contributed by atoms with E-state index < -0.39 is 4.92 Å². The topological polar surface area (TPSA) is 84.3 Å². The van der Waals surface area contributed by atoms with Crippen molar-refractivity contribution < 1.29 is 9.72 Å². The van der Waals surface area contributed by atoms with Crippen LogP contribution in [-0.2, 0) is 4.79 Å². The number of carbonyl (C=O) groups excluding carboxylic acids is 1. The molecule has 1 aromatic rings. The fourth-order valence-electron chi connectivity index (χ4n) is 2.27. The Morgan fingerprint density at radius 2 is 2.35 bits per heavy atom. The van der Waals surface area contributed by atoms with Crippen LogP contribution >= 0.6 is 11.6 Å². The van der Waals surface area contributed by atoms with E-state index in [1.807, 2.05) is 0 Å². The van der Waals surface area contributed by atoms with Gasteiger partial charge in [0.25, 0.3) is 5.69 Å². The molecular weight excluding hydrogens is 282 g/mol. The van der Waals surface area contributed by atoms with Gasteiger partial charge in [-0.15, -0.1) is 0 Å². The van der Waals surface area contributed by atoms with Crippen LogP contribution in [-0.4, -0.2) is 23.9 Å². The molecule has 6 nitrogen and oxygen atoms in total. The highest BCUT2D eigenvalue weighted by Crippen LogP contribution is 2.28. The summed E-state index contributed by atoms with van der Waals surface area (Å²) in [6.45, 7) is 1.93. The van der Waals surface area contributed by atoms with Gasteiger partial charge in [-0.2, -0.15) is 0 Å². The Hall–Kier alpha value is -1.66. The maximum absolute atomic E-state index is 11.8. The van der Waals surface area contributed by atoms with Crippen molar-refractivity contribution in [3.63, 3.8) is 0 Å². The smallest absolute Gasteiger partial charge is 0.294 e. The Balaban J connectivity index is 1.94. The summed E-state index contributed by atoms with van der Waals surface area (Å²) < 4.78 is 0. The second kappa shape index (κ2) is 6.67. The molecule has 1 amide bonds. The van der Waals surface area contributed by atoms with Gasteiger partial charge in [0.15, 0.2) is 0 Å². The molecule has 0 spiro atoms. The van der Waals surface area contributed by atoms with E-state index in [4.69, 9.17) is 11.6 Å². The van der Waals surface area contributed by atoms with Crippen LogP contribution in [0.3, 0.4) is 0 Å². The number of benzene rings is 1. The van der Waals surface area contributed by atoms with Crippen molar-refractivity contribution in [3.05, 3.63) is 33.3 Å². The minimum atomic E-state index is -0.553. The van der Waals surface area contributed by atoms with E-state index in [2.05, 4.69) is 10.6 Å². The number of amides is 1. The van der Waals surface area contributed by atoms with Crippen LogP contribution < -0.4 is 10.6 Å². The Labute approximate surface area is 121 Å². The highest BCUT2D eigenvalue weighted by molar-refractivity contribution is 6.31. The zero-order valence-corrected chi connectivity index (χ0v) is 11.7. The van der Waals surface area contributed by atoms with Gasteiger partial charge in [-0.25, -0.2) is 0 Å². The summed E-state index contributed by atoms with van der Waals surface area (Å²) in [7, 11) is 0. The number of anilines is 1. The lowest BCUT2D eigenvalue weighted by Crippen LogP contribution is -2.15. The number of hydrogen-bond acceptors (Lipinski definition) is 4. The maximum Gasteiger partial charge on any atom is 0.294 e. The molecule has 1 atom stereocenters. The van der Waals surface area contributed by atoms with Crippen molar-refractivity contribution >= 4 is 28.9 Å². The third kappa shape index (κ3) is 3.91. The van der Waals surface area contributed by atoms with E-state index in [1.54, 1.807) is 0 Å². The SMILES string of the molecule is O=C(CCC1CCNC1)Nc1ccc(Cl)cc1[N+](=O)[O-]. The van der Waals surface area contributed by atoms with Crippen LogP contribution in [0.5, 0.6) is 0 Å². The van der Waals surface area contributed by atoms with Crippen molar-refractivity contribution in [2.45, 2.75) is 19.3 Å². The van der Waals surface area contributed by atoms with Gasteiger partial charge in [-0.3, -0.25) is 14.9 Å². The number of halogens is 1. The van der Waals surface area contributed by atoms with Crippen molar-refractivity contribution in [1.29, 1.82) is 0 Å². The fourth-order valence-corrected chi connectivity index (χ4v) is 2.44. The van der Waals surface area contributed by atoms with Crippen molar-refractivity contribution in [2.24, 2.45) is 5.92 Å². The molecule has 1 aromatic carbocycles. The zero-order valence-electron chi connectivity index (χ0n) is 10.9. The first kappa shape index (κ1) is 14.7. The Bertz CT molecular complexity index is 516. The summed E-state index contributed by atoms with van der Waals surface area (Å²) in [4.78, 5) is 22.2. The minimum absolute atomic E-state index is 0.187. The first-order valence-electron chi connectivity index (χ1n) is 6.51. The van der Waals surface area contributed by atoms with Gasteiger partial charge < -0.3 is 10.6 Å². The van der Waals surface area contributed by atoms with E-state index in [0.717, 1.165) is 25.9 Å². The second-order valence-corrected chi connectivity index (χ2v) is 5.30.